The molecule has 21 N–H and O–H groups in total. The summed E-state index contributed by atoms with van der Waals surface area (Å²) in [7, 11) is 0. The molecule has 2 aromatic heterocycles. The molecule has 7 aromatic rings. The third-order valence-corrected chi connectivity index (χ3v) is 24.4. The standard InChI is InChI=1S/C97H124N18O23/c1-52(2)42-75(95(135)114-40-17-26-79(114)93(133)111-76(97(137)138)43-53(3)4)110-84(124)54(5)102-86(126)72(46-59-29-33-63(119)34-30-59)109-92(132)78-25-16-39-113(78)94(134)69(35-37-80(98)120)106-89(129)73(47-60-49-99-66-22-13-11-20-64(60)66)108-88(128)71(45-58-27-31-62(118)32-28-58)104-81(121)51-101-91(131)77-24-15-41-115(77)96(136)83(55(6)116)112-90(130)74(48-61-50-100-67-23-14-12-21-65(61)67)107-85(125)68(36-38-82(122)123)105-87(127)70(103-56(7)117)44-57-18-9-8-10-19-57/h8-14,18-23,27-34,49-50,52-55,68-79,83,99-100,116,118-119H,15-17,24-26,35-48,51H2,1-7H3,(H2,98,120)(H,101,131)(H,102,126)(H,103,117)(H,104,121)(H,105,127)(H,106,129)(H,107,125)(H,108,128)(H,109,132)(H,110,124)(H,111,133)(H,112,130)(H,122,123)(H,137,138)/t54-,55+,68-,69-,70-,71-,72-,73-,74-,75-,76-,77-,78-,79-,83-/m0/s1. The highest BCUT2D eigenvalue weighted by atomic mass is 16.4. The van der Waals surface area contributed by atoms with Gasteiger partial charge < -0.3 is 120 Å². The van der Waals surface area contributed by atoms with Gasteiger partial charge in [0.2, 0.25) is 94.5 Å². The average molecular weight is 1910 g/mol. The smallest absolute Gasteiger partial charge is 0.326 e. The summed E-state index contributed by atoms with van der Waals surface area (Å²) >= 11 is 0. The number of hydrogen-bond acceptors (Lipinski definition) is 21. The molecule has 10 rings (SSSR count). The number of carboxylic acid groups (broad SMARTS) is 2. The number of nitrogens with two attached hydrogens (primary N) is 1. The van der Waals surface area contributed by atoms with Crippen molar-refractivity contribution in [1.29, 1.82) is 0 Å². The lowest BCUT2D eigenvalue weighted by Gasteiger charge is -2.31. The van der Waals surface area contributed by atoms with Gasteiger partial charge in [0, 0.05) is 106 Å². The van der Waals surface area contributed by atoms with Crippen LogP contribution in [0.25, 0.3) is 21.8 Å². The van der Waals surface area contributed by atoms with Crippen LogP contribution in [0.4, 0.5) is 0 Å². The van der Waals surface area contributed by atoms with E-state index in [-0.39, 0.29) is 120 Å². The van der Waals surface area contributed by atoms with Crippen molar-refractivity contribution in [2.24, 2.45) is 17.6 Å². The molecule has 5 aromatic carbocycles. The number of aromatic amines is 2. The van der Waals surface area contributed by atoms with E-state index < -0.39 is 229 Å². The molecule has 15 atom stereocenters. The van der Waals surface area contributed by atoms with Gasteiger partial charge in [0.1, 0.15) is 96.1 Å². The highest BCUT2D eigenvalue weighted by Gasteiger charge is 2.45. The van der Waals surface area contributed by atoms with Crippen molar-refractivity contribution in [3.8, 4) is 11.5 Å². The number of para-hydroxylation sites is 2. The van der Waals surface area contributed by atoms with Crippen molar-refractivity contribution in [2.45, 2.75) is 248 Å². The number of H-pyrrole nitrogens is 2. The zero-order chi connectivity index (χ0) is 100. The summed E-state index contributed by atoms with van der Waals surface area (Å²) in [4.78, 5) is 264. The second-order valence-electron chi connectivity index (χ2n) is 36.1. The number of rotatable bonds is 48. The van der Waals surface area contributed by atoms with Gasteiger partial charge in [0.05, 0.1) is 12.6 Å². The Labute approximate surface area is 796 Å². The summed E-state index contributed by atoms with van der Waals surface area (Å²) in [6.45, 7) is 10.0. The number of aromatic hydroxyl groups is 2. The first-order valence-electron chi connectivity index (χ1n) is 46.3. The van der Waals surface area contributed by atoms with Gasteiger partial charge in [-0.15, -0.1) is 0 Å². The minimum atomic E-state index is -1.82. The SMILES string of the molecule is CC(=O)N[C@@H](Cc1ccccc1)C(=O)N[C@@H](CCC(=O)O)C(=O)N[C@@H](Cc1c[nH]c2ccccc12)C(=O)N[C@H](C(=O)N1CCC[C@H]1C(=O)NCC(=O)N[C@@H](Cc1ccc(O)cc1)C(=O)N[C@@H](Cc1c[nH]c2ccccc12)C(=O)N[C@@H](CCC(N)=O)C(=O)N1CCC[C@H]1C(=O)N[C@@H](Cc1ccc(O)cc1)C(=O)N[C@@H](C)C(=O)N[C@@H](CC(C)C)C(=O)N1CCC[C@H]1C(=O)N[C@@H](CC(C)C)C(=O)O)[C@@H](C)O. The highest BCUT2D eigenvalue weighted by molar-refractivity contribution is 6.02. The largest absolute Gasteiger partial charge is 0.508 e. The number of benzene rings is 5. The molecule has 41 nitrogen and oxygen atoms in total. The molecule has 0 saturated carbocycles. The number of nitrogens with zero attached hydrogens (tertiary/aromatic N) is 3. The number of carboxylic acids is 2. The maximum Gasteiger partial charge on any atom is 0.326 e. The maximum atomic E-state index is 15.4. The first-order valence-corrected chi connectivity index (χ1v) is 46.3. The van der Waals surface area contributed by atoms with E-state index in [1.807, 2.05) is 13.8 Å². The zero-order valence-electron chi connectivity index (χ0n) is 77.9. The molecule has 0 radical (unpaired) electrons. The molecular formula is C97H124N18O23. The van der Waals surface area contributed by atoms with Crippen molar-refractivity contribution in [3.05, 3.63) is 168 Å². The predicted octanol–water partition coefficient (Wildman–Crippen LogP) is 0.723. The fraction of sp³-hybridized carbons (Fsp3) is 0.464. The number of likely N-dealkylation sites (tertiary alicyclic amines) is 3. The third-order valence-electron chi connectivity index (χ3n) is 24.4. The Morgan fingerprint density at radius 3 is 1.25 bits per heavy atom. The van der Waals surface area contributed by atoms with Gasteiger partial charge in [-0.1, -0.05) is 119 Å². The second kappa shape index (κ2) is 49.6. The van der Waals surface area contributed by atoms with Gasteiger partial charge in [-0.05, 0) is 154 Å². The number of aliphatic hydroxyl groups is 1. The lowest BCUT2D eigenvalue weighted by Crippen LogP contribution is -2.61. The predicted molar refractivity (Wildman–Crippen MR) is 501 cm³/mol. The number of carbonyl (C=O) groups excluding carboxylic acids is 16. The number of nitrogens with one attached hydrogen (secondary N) is 14. The molecule has 3 fully saturated rings. The van der Waals surface area contributed by atoms with Crippen molar-refractivity contribution >= 4 is 128 Å². The summed E-state index contributed by atoms with van der Waals surface area (Å²) in [5, 5.41) is 84.3. The summed E-state index contributed by atoms with van der Waals surface area (Å²) in [6, 6.07) is 13.5. The molecule has 0 spiro atoms. The van der Waals surface area contributed by atoms with Crippen LogP contribution in [0, 0.1) is 11.8 Å². The van der Waals surface area contributed by atoms with E-state index in [0.29, 0.717) is 56.0 Å². The number of primary amides is 1. The van der Waals surface area contributed by atoms with E-state index in [1.165, 1.54) is 74.2 Å². The molecule has 0 unspecified atom stereocenters. The Balaban J connectivity index is 0.832. The fourth-order valence-electron chi connectivity index (χ4n) is 17.3. The first-order chi connectivity index (χ1) is 65.7. The van der Waals surface area contributed by atoms with Gasteiger partial charge >= 0.3 is 11.9 Å². The van der Waals surface area contributed by atoms with Gasteiger partial charge in [-0.2, -0.15) is 0 Å². The van der Waals surface area contributed by atoms with Gasteiger partial charge in [0.15, 0.2) is 0 Å². The van der Waals surface area contributed by atoms with Crippen LogP contribution >= 0.6 is 0 Å². The summed E-state index contributed by atoms with van der Waals surface area (Å²) in [5.41, 5.74) is 9.33. The Morgan fingerprint density at radius 1 is 0.399 bits per heavy atom. The number of phenolic OH excluding ortho intramolecular Hbond substituents is 2. The second-order valence-corrected chi connectivity index (χ2v) is 36.1. The molecule has 0 aliphatic carbocycles. The Bertz CT molecular complexity index is 5550. The van der Waals surface area contributed by atoms with Crippen molar-refractivity contribution in [1.82, 2.24) is 88.5 Å². The molecule has 16 amide bonds. The molecule has 3 aliphatic rings. The molecule has 5 heterocycles. The van der Waals surface area contributed by atoms with E-state index in [1.54, 1.807) is 105 Å². The fourth-order valence-corrected chi connectivity index (χ4v) is 17.3. The molecule has 3 aliphatic heterocycles. The average Bonchev–Trinajstić information content (AvgIpc) is 1.62. The van der Waals surface area contributed by atoms with Crippen LogP contribution in [-0.4, -0.2) is 274 Å². The monoisotopic (exact) mass is 1910 g/mol. The minimum absolute atomic E-state index is 0.000513. The first kappa shape index (κ1) is 105. The maximum absolute atomic E-state index is 15.4. The Kier molecular flexibility index (Phi) is 37.9. The quantitative estimate of drug-likeness (QED) is 0.0250. The molecule has 3 saturated heterocycles. The van der Waals surface area contributed by atoms with Crippen molar-refractivity contribution in [2.75, 3.05) is 26.2 Å². The molecule has 138 heavy (non-hydrogen) atoms. The van der Waals surface area contributed by atoms with E-state index in [9.17, 15) is 97.5 Å². The molecule has 41 heteroatoms. The van der Waals surface area contributed by atoms with Crippen LogP contribution in [0.2, 0.25) is 0 Å². The van der Waals surface area contributed by atoms with Crippen LogP contribution in [0.15, 0.2) is 140 Å². The minimum Gasteiger partial charge on any atom is -0.508 e. The lowest BCUT2D eigenvalue weighted by molar-refractivity contribution is -0.145. The van der Waals surface area contributed by atoms with Crippen LogP contribution in [0.1, 0.15) is 153 Å². The lowest BCUT2D eigenvalue weighted by atomic mass is 10.0. The van der Waals surface area contributed by atoms with E-state index >= 15 is 14.4 Å². The van der Waals surface area contributed by atoms with E-state index in [4.69, 9.17) is 5.73 Å². The number of aliphatic hydroxyl groups excluding tert-OH is 1. The normalized spacial score (nSPS) is 17.3. The topological polar surface area (TPSA) is 620 Å². The van der Waals surface area contributed by atoms with Gasteiger partial charge in [-0.3, -0.25) is 81.5 Å². The summed E-state index contributed by atoms with van der Waals surface area (Å²) < 4.78 is 0. The van der Waals surface area contributed by atoms with Crippen molar-refractivity contribution < 1.29 is 112 Å². The number of aromatic nitrogens is 2. The van der Waals surface area contributed by atoms with Crippen LogP contribution in [0.5, 0.6) is 11.5 Å². The van der Waals surface area contributed by atoms with Crippen LogP contribution in [0.3, 0.4) is 0 Å². The molecule has 740 valence electrons. The van der Waals surface area contributed by atoms with Gasteiger partial charge in [0.25, 0.3) is 0 Å². The van der Waals surface area contributed by atoms with E-state index in [0.717, 1.165) is 9.80 Å². The third kappa shape index (κ3) is 29.9. The zero-order valence-corrected chi connectivity index (χ0v) is 77.9. The number of aliphatic carboxylic acids is 2. The van der Waals surface area contributed by atoms with Crippen LogP contribution < -0.4 is 69.5 Å². The van der Waals surface area contributed by atoms with E-state index in [2.05, 4.69) is 73.8 Å². The van der Waals surface area contributed by atoms with Crippen LogP contribution in [-0.2, 0) is 118 Å². The molecule has 0 bridgehead atoms. The Hall–Kier alpha value is -14.8. The number of amides is 16. The summed E-state index contributed by atoms with van der Waals surface area (Å²) in [5.74, 6) is -17.1. The number of carbonyl (C=O) groups is 18. The Morgan fingerprint density at radius 2 is 0.783 bits per heavy atom. The van der Waals surface area contributed by atoms with Crippen molar-refractivity contribution in [3.63, 3.8) is 0 Å². The number of phenols is 2. The molecular weight excluding hydrogens is 1790 g/mol. The number of fused-ring (bicyclic) bond motifs is 2. The van der Waals surface area contributed by atoms with Gasteiger partial charge in [-0.25, -0.2) is 4.79 Å². The summed E-state index contributed by atoms with van der Waals surface area (Å²) in [6.07, 6.45) is -0.535. The highest BCUT2D eigenvalue weighted by Crippen LogP contribution is 2.28. The number of hydrogen-bond donors (Lipinski definition) is 20.